The molecule has 3 heteroatoms. The SMILES string of the molecule is Cl.N[C@@H](C(=O)c1ccccc1)c1ccccc1. The monoisotopic (exact) mass is 247 g/mol. The summed E-state index contributed by atoms with van der Waals surface area (Å²) in [6, 6.07) is 17.9. The molecule has 2 aromatic carbocycles. The van der Waals surface area contributed by atoms with Crippen molar-refractivity contribution < 1.29 is 4.79 Å². The van der Waals surface area contributed by atoms with E-state index in [0.717, 1.165) is 5.56 Å². The Kier molecular flexibility index (Phi) is 4.88. The number of ketones is 1. The second-order valence-electron chi connectivity index (χ2n) is 3.62. The lowest BCUT2D eigenvalue weighted by molar-refractivity contribution is 0.0961. The summed E-state index contributed by atoms with van der Waals surface area (Å²) in [5.74, 6) is -0.0493. The maximum atomic E-state index is 12.0. The molecule has 0 fully saturated rings. The number of hydrogen-bond donors (Lipinski definition) is 1. The maximum Gasteiger partial charge on any atom is 0.184 e. The molecule has 0 bridgehead atoms. The van der Waals surface area contributed by atoms with Crippen molar-refractivity contribution >= 4 is 18.2 Å². The molecule has 0 amide bonds. The Labute approximate surface area is 107 Å². The van der Waals surface area contributed by atoms with Gasteiger partial charge in [-0.05, 0) is 5.56 Å². The first kappa shape index (κ1) is 13.4. The van der Waals surface area contributed by atoms with Crippen LogP contribution in [0.5, 0.6) is 0 Å². The summed E-state index contributed by atoms with van der Waals surface area (Å²) in [5, 5.41) is 0. The van der Waals surface area contributed by atoms with E-state index >= 15 is 0 Å². The fraction of sp³-hybridized carbons (Fsp3) is 0.0714. The molecule has 2 aromatic rings. The van der Waals surface area contributed by atoms with Gasteiger partial charge in [-0.25, -0.2) is 0 Å². The van der Waals surface area contributed by atoms with Crippen molar-refractivity contribution in [2.24, 2.45) is 5.73 Å². The van der Waals surface area contributed by atoms with E-state index in [2.05, 4.69) is 0 Å². The second kappa shape index (κ2) is 6.18. The highest BCUT2D eigenvalue weighted by molar-refractivity contribution is 6.00. The predicted octanol–water partition coefficient (Wildman–Crippen LogP) is 2.99. The molecule has 0 aliphatic carbocycles. The molecule has 1 atom stereocenters. The number of nitrogens with two attached hydrogens (primary N) is 1. The van der Waals surface area contributed by atoms with E-state index in [-0.39, 0.29) is 18.2 Å². The molecule has 0 aliphatic rings. The Morgan fingerprint density at radius 2 is 1.35 bits per heavy atom. The van der Waals surface area contributed by atoms with Crippen LogP contribution in [0.4, 0.5) is 0 Å². The zero-order valence-corrected chi connectivity index (χ0v) is 10.1. The molecule has 2 N–H and O–H groups in total. The highest BCUT2D eigenvalue weighted by atomic mass is 35.5. The van der Waals surface area contributed by atoms with E-state index in [9.17, 15) is 4.79 Å². The molecule has 0 heterocycles. The summed E-state index contributed by atoms with van der Waals surface area (Å²) in [6.07, 6.45) is 0. The van der Waals surface area contributed by atoms with Gasteiger partial charge in [0.1, 0.15) is 0 Å². The molecule has 0 unspecified atom stereocenters. The minimum Gasteiger partial charge on any atom is -0.318 e. The van der Waals surface area contributed by atoms with Crippen molar-refractivity contribution in [1.29, 1.82) is 0 Å². The van der Waals surface area contributed by atoms with Crippen LogP contribution >= 0.6 is 12.4 Å². The Balaban J connectivity index is 0.00000144. The molecular weight excluding hydrogens is 234 g/mol. The van der Waals surface area contributed by atoms with Crippen molar-refractivity contribution in [3.8, 4) is 0 Å². The fourth-order valence-electron chi connectivity index (χ4n) is 1.59. The number of hydrogen-bond acceptors (Lipinski definition) is 2. The molecule has 0 spiro atoms. The van der Waals surface area contributed by atoms with E-state index in [4.69, 9.17) is 5.73 Å². The predicted molar refractivity (Wildman–Crippen MR) is 71.4 cm³/mol. The van der Waals surface area contributed by atoms with Crippen LogP contribution in [-0.2, 0) is 0 Å². The molecule has 88 valence electrons. The van der Waals surface area contributed by atoms with Crippen molar-refractivity contribution in [2.45, 2.75) is 6.04 Å². The summed E-state index contributed by atoms with van der Waals surface area (Å²) in [7, 11) is 0. The average Bonchev–Trinajstić information content (AvgIpc) is 2.39. The van der Waals surface area contributed by atoms with E-state index in [1.807, 2.05) is 48.5 Å². The van der Waals surface area contributed by atoms with Crippen molar-refractivity contribution in [3.63, 3.8) is 0 Å². The van der Waals surface area contributed by atoms with E-state index in [0.29, 0.717) is 5.56 Å². The quantitative estimate of drug-likeness (QED) is 0.848. The summed E-state index contributed by atoms with van der Waals surface area (Å²) in [5.41, 5.74) is 7.42. The van der Waals surface area contributed by atoms with Crippen LogP contribution in [0.3, 0.4) is 0 Å². The standard InChI is InChI=1S/C14H13NO.ClH/c15-13(11-7-3-1-4-8-11)14(16)12-9-5-2-6-10-12;/h1-10,13H,15H2;1H/t13-;/m1./s1. The summed E-state index contributed by atoms with van der Waals surface area (Å²) < 4.78 is 0. The van der Waals surface area contributed by atoms with Gasteiger partial charge in [0.05, 0.1) is 6.04 Å². The van der Waals surface area contributed by atoms with Crippen molar-refractivity contribution in [1.82, 2.24) is 0 Å². The maximum absolute atomic E-state index is 12.0. The van der Waals surface area contributed by atoms with Crippen molar-refractivity contribution in [3.05, 3.63) is 71.8 Å². The largest absolute Gasteiger partial charge is 0.318 e. The lowest BCUT2D eigenvalue weighted by Crippen LogP contribution is -2.21. The Morgan fingerprint density at radius 3 is 1.88 bits per heavy atom. The Morgan fingerprint density at radius 1 is 0.882 bits per heavy atom. The van der Waals surface area contributed by atoms with Gasteiger partial charge in [0, 0.05) is 5.56 Å². The Hall–Kier alpha value is -1.64. The summed E-state index contributed by atoms with van der Waals surface area (Å²) in [6.45, 7) is 0. The lowest BCUT2D eigenvalue weighted by Gasteiger charge is -2.10. The van der Waals surface area contributed by atoms with Gasteiger partial charge >= 0.3 is 0 Å². The van der Waals surface area contributed by atoms with Gasteiger partial charge in [0.25, 0.3) is 0 Å². The lowest BCUT2D eigenvalue weighted by atomic mass is 9.98. The first-order valence-electron chi connectivity index (χ1n) is 5.19. The molecule has 0 aromatic heterocycles. The first-order valence-corrected chi connectivity index (χ1v) is 5.19. The van der Waals surface area contributed by atoms with Crippen LogP contribution in [-0.4, -0.2) is 5.78 Å². The zero-order valence-electron chi connectivity index (χ0n) is 9.24. The minimum atomic E-state index is -0.580. The number of carbonyl (C=O) groups is 1. The average molecular weight is 248 g/mol. The van der Waals surface area contributed by atoms with Crippen LogP contribution in [0.25, 0.3) is 0 Å². The zero-order chi connectivity index (χ0) is 11.4. The molecule has 17 heavy (non-hydrogen) atoms. The van der Waals surface area contributed by atoms with E-state index < -0.39 is 6.04 Å². The third-order valence-electron chi connectivity index (χ3n) is 2.50. The second-order valence-corrected chi connectivity index (χ2v) is 3.62. The first-order chi connectivity index (χ1) is 7.79. The van der Waals surface area contributed by atoms with Gasteiger partial charge in [0.15, 0.2) is 5.78 Å². The third-order valence-corrected chi connectivity index (χ3v) is 2.50. The smallest absolute Gasteiger partial charge is 0.184 e. The van der Waals surface area contributed by atoms with Gasteiger partial charge in [-0.2, -0.15) is 0 Å². The molecule has 0 saturated carbocycles. The Bertz CT molecular complexity index is 470. The number of rotatable bonds is 3. The highest BCUT2D eigenvalue weighted by Gasteiger charge is 2.16. The summed E-state index contributed by atoms with van der Waals surface area (Å²) >= 11 is 0. The number of benzene rings is 2. The van der Waals surface area contributed by atoms with Gasteiger partial charge in [-0.15, -0.1) is 12.4 Å². The van der Waals surface area contributed by atoms with Gasteiger partial charge in [-0.3, -0.25) is 4.79 Å². The fourth-order valence-corrected chi connectivity index (χ4v) is 1.59. The van der Waals surface area contributed by atoms with Gasteiger partial charge < -0.3 is 5.73 Å². The molecule has 2 rings (SSSR count). The van der Waals surface area contributed by atoms with Crippen LogP contribution < -0.4 is 5.73 Å². The minimum absolute atomic E-state index is 0. The summed E-state index contributed by atoms with van der Waals surface area (Å²) in [4.78, 5) is 12.0. The number of halogens is 1. The van der Waals surface area contributed by atoms with Crippen LogP contribution in [0.15, 0.2) is 60.7 Å². The molecular formula is C14H14ClNO. The number of Topliss-reactive ketones (excluding diaryl/α,β-unsaturated/α-hetero) is 1. The van der Waals surface area contributed by atoms with Gasteiger partial charge in [-0.1, -0.05) is 60.7 Å². The molecule has 0 saturated heterocycles. The van der Waals surface area contributed by atoms with Crippen LogP contribution in [0.2, 0.25) is 0 Å². The molecule has 0 aliphatic heterocycles. The van der Waals surface area contributed by atoms with E-state index in [1.54, 1.807) is 12.1 Å². The topological polar surface area (TPSA) is 43.1 Å². The van der Waals surface area contributed by atoms with Gasteiger partial charge in [0.2, 0.25) is 0 Å². The van der Waals surface area contributed by atoms with Crippen LogP contribution in [0, 0.1) is 0 Å². The van der Waals surface area contributed by atoms with E-state index in [1.165, 1.54) is 0 Å². The third kappa shape index (κ3) is 3.16. The molecule has 2 nitrogen and oxygen atoms in total. The molecule has 0 radical (unpaired) electrons. The number of carbonyl (C=O) groups excluding carboxylic acids is 1. The van der Waals surface area contributed by atoms with Crippen LogP contribution in [0.1, 0.15) is 22.0 Å². The van der Waals surface area contributed by atoms with Crippen molar-refractivity contribution in [2.75, 3.05) is 0 Å². The highest BCUT2D eigenvalue weighted by Crippen LogP contribution is 2.15. The normalized spacial score (nSPS) is 11.4.